The number of rotatable bonds is 8. The van der Waals surface area contributed by atoms with Gasteiger partial charge in [0.05, 0.1) is 35.3 Å². The van der Waals surface area contributed by atoms with E-state index in [1.807, 2.05) is 27.7 Å². The number of aromatic nitrogens is 3. The summed E-state index contributed by atoms with van der Waals surface area (Å²) in [5.41, 5.74) is 6.83. The number of benzene rings is 2. The van der Waals surface area contributed by atoms with Crippen molar-refractivity contribution >= 4 is 32.9 Å². The largest absolute Gasteiger partial charge is 0.493 e. The van der Waals surface area contributed by atoms with E-state index in [0.717, 1.165) is 18.1 Å². The Morgan fingerprint density at radius 1 is 1.11 bits per heavy atom. The second-order valence-electron chi connectivity index (χ2n) is 10.8. The molecule has 0 radical (unpaired) electrons. The average molecular weight is 677 g/mol. The van der Waals surface area contributed by atoms with E-state index in [-0.39, 0.29) is 11.6 Å². The number of carbonyl (C=O) groups is 1. The number of hydrogen-bond acceptors (Lipinski definition) is 8. The van der Waals surface area contributed by atoms with E-state index in [1.165, 1.54) is 26.4 Å². The molecule has 0 saturated carbocycles. The number of nitrogens with one attached hydrogen (secondary N) is 2. The first-order valence-corrected chi connectivity index (χ1v) is 14.5. The van der Waals surface area contributed by atoms with Gasteiger partial charge in [-0.3, -0.25) is 9.78 Å². The summed E-state index contributed by atoms with van der Waals surface area (Å²) in [5.74, 6) is -0.0624. The van der Waals surface area contributed by atoms with E-state index < -0.39 is 23.3 Å². The number of halogens is 3. The fourth-order valence-corrected chi connectivity index (χ4v) is 4.60. The van der Waals surface area contributed by atoms with Crippen LogP contribution in [0.5, 0.6) is 11.5 Å². The van der Waals surface area contributed by atoms with Crippen LogP contribution in [0.15, 0.2) is 51.9 Å². The molecule has 0 aliphatic rings. The lowest BCUT2D eigenvalue weighted by molar-refractivity contribution is 0.0524. The fourth-order valence-electron chi connectivity index (χ4n) is 3.94. The topological polar surface area (TPSA) is 141 Å². The second-order valence-corrected chi connectivity index (χ2v) is 11.6. The zero-order chi connectivity index (χ0) is 32.6. The summed E-state index contributed by atoms with van der Waals surface area (Å²) in [4.78, 5) is 35.3. The third kappa shape index (κ3) is 9.45. The molecule has 236 valence electrons. The number of nitrogens with two attached hydrogens (primary N) is 1. The molecule has 0 aliphatic carbocycles. The van der Waals surface area contributed by atoms with Gasteiger partial charge in [0.25, 0.3) is 5.56 Å². The zero-order valence-electron chi connectivity index (χ0n) is 25.4. The number of ether oxygens (including phenoxy) is 3. The number of fused-ring (bicyclic) bond motifs is 1. The number of carbonyl (C=O) groups excluding carboxylic acids is 1. The van der Waals surface area contributed by atoms with Crippen molar-refractivity contribution in [1.82, 2.24) is 20.3 Å². The Morgan fingerprint density at radius 3 is 2.34 bits per heavy atom. The smallest absolute Gasteiger partial charge is 0.407 e. The van der Waals surface area contributed by atoms with Crippen LogP contribution in [-0.4, -0.2) is 53.5 Å². The molecular formula is C31H36BrF2N5O5. The third-order valence-corrected chi connectivity index (χ3v) is 6.86. The number of aromatic amines is 1. The van der Waals surface area contributed by atoms with Gasteiger partial charge >= 0.3 is 6.09 Å². The maximum absolute atomic E-state index is 13.4. The summed E-state index contributed by atoms with van der Waals surface area (Å²) in [5, 5.41) is 2.96. The van der Waals surface area contributed by atoms with Gasteiger partial charge in [-0.25, -0.2) is 18.6 Å². The van der Waals surface area contributed by atoms with Gasteiger partial charge < -0.3 is 30.2 Å². The summed E-state index contributed by atoms with van der Waals surface area (Å²) >= 11 is 3.44. The van der Waals surface area contributed by atoms with Crippen molar-refractivity contribution in [2.24, 2.45) is 5.73 Å². The number of alkyl carbamates (subject to hydrolysis) is 1. The summed E-state index contributed by atoms with van der Waals surface area (Å²) < 4.78 is 43.1. The van der Waals surface area contributed by atoms with E-state index in [0.29, 0.717) is 56.9 Å². The number of H-pyrrole nitrogens is 1. The minimum absolute atomic E-state index is 0.00696. The van der Waals surface area contributed by atoms with Crippen LogP contribution in [0.1, 0.15) is 45.5 Å². The molecule has 13 heteroatoms. The van der Waals surface area contributed by atoms with Crippen LogP contribution >= 0.6 is 15.9 Å². The monoisotopic (exact) mass is 675 g/mol. The van der Waals surface area contributed by atoms with E-state index in [1.54, 1.807) is 24.4 Å². The van der Waals surface area contributed by atoms with E-state index in [9.17, 15) is 18.4 Å². The maximum atomic E-state index is 13.4. The van der Waals surface area contributed by atoms with E-state index in [2.05, 4.69) is 36.2 Å². The zero-order valence-corrected chi connectivity index (χ0v) is 27.0. The van der Waals surface area contributed by atoms with Crippen LogP contribution in [0.4, 0.5) is 13.6 Å². The minimum Gasteiger partial charge on any atom is -0.493 e. The number of amides is 1. The molecule has 0 aliphatic heterocycles. The first-order valence-electron chi connectivity index (χ1n) is 13.7. The quantitative estimate of drug-likeness (QED) is 0.210. The van der Waals surface area contributed by atoms with Crippen LogP contribution in [0.2, 0.25) is 0 Å². The summed E-state index contributed by atoms with van der Waals surface area (Å²) in [6, 6.07) is 8.24. The average Bonchev–Trinajstić information content (AvgIpc) is 2.95. The molecule has 10 nitrogen and oxygen atoms in total. The molecule has 1 atom stereocenters. The van der Waals surface area contributed by atoms with E-state index >= 15 is 0 Å². The van der Waals surface area contributed by atoms with Gasteiger partial charge in [-0.2, -0.15) is 0 Å². The van der Waals surface area contributed by atoms with Crippen molar-refractivity contribution in [1.29, 1.82) is 0 Å². The maximum Gasteiger partial charge on any atom is 0.407 e. The van der Waals surface area contributed by atoms with Crippen molar-refractivity contribution in [3.05, 3.63) is 80.4 Å². The predicted octanol–water partition coefficient (Wildman–Crippen LogP) is 5.88. The minimum atomic E-state index is -0.670. The van der Waals surface area contributed by atoms with Gasteiger partial charge in [-0.05, 0) is 73.0 Å². The molecule has 1 unspecified atom stereocenters. The molecule has 0 fully saturated rings. The first-order chi connectivity index (χ1) is 20.7. The van der Waals surface area contributed by atoms with Crippen molar-refractivity contribution in [3.8, 4) is 22.8 Å². The highest BCUT2D eigenvalue weighted by molar-refractivity contribution is 9.10. The molecule has 44 heavy (non-hydrogen) atoms. The third-order valence-electron chi connectivity index (χ3n) is 6.12. The van der Waals surface area contributed by atoms with Crippen LogP contribution < -0.4 is 26.1 Å². The first kappa shape index (κ1) is 34.4. The van der Waals surface area contributed by atoms with Crippen LogP contribution in [0.3, 0.4) is 0 Å². The van der Waals surface area contributed by atoms with Crippen LogP contribution in [-0.2, 0) is 11.2 Å². The Morgan fingerprint density at radius 2 is 1.80 bits per heavy atom. The van der Waals surface area contributed by atoms with Gasteiger partial charge in [0, 0.05) is 36.8 Å². The van der Waals surface area contributed by atoms with Gasteiger partial charge in [0.1, 0.15) is 23.1 Å². The molecule has 4 aromatic rings. The van der Waals surface area contributed by atoms with Crippen LogP contribution in [0, 0.1) is 11.6 Å². The number of pyridine rings is 1. The molecule has 2 aromatic heterocycles. The molecule has 0 bridgehead atoms. The van der Waals surface area contributed by atoms with E-state index in [4.69, 9.17) is 19.9 Å². The molecule has 4 N–H and O–H groups in total. The Bertz CT molecular complexity index is 1640. The standard InChI is InChI=1S/C22H16BrF2N3O3.C9H20N2O2/c1-30-17-9-15-20(19(23)21(17)31-2)27-18(28-22(15)29)5-11-3-4-16(26-10-11)12-6-13(24)8-14(25)7-12;1-5-7(10)6-11-8(12)13-9(2,3)4/h3-4,6-10H,5H2,1-2H3,(H,27,28,29);7H,5-6,10H2,1-4H3,(H,11,12). The molecule has 0 spiro atoms. The lowest BCUT2D eigenvalue weighted by Crippen LogP contribution is -2.39. The molecule has 4 rings (SSSR count). The Balaban J connectivity index is 0.000000345. The second kappa shape index (κ2) is 15.1. The van der Waals surface area contributed by atoms with Crippen LogP contribution in [0.25, 0.3) is 22.2 Å². The number of methoxy groups -OCH3 is 2. The Hall–Kier alpha value is -4.10. The molecule has 0 saturated heterocycles. The van der Waals surface area contributed by atoms with Crippen molar-refractivity contribution < 1.29 is 27.8 Å². The highest BCUT2D eigenvalue weighted by Crippen LogP contribution is 2.39. The summed E-state index contributed by atoms with van der Waals surface area (Å²) in [6.07, 6.45) is 2.31. The van der Waals surface area contributed by atoms with Gasteiger partial charge in [0.2, 0.25) is 0 Å². The predicted molar refractivity (Wildman–Crippen MR) is 168 cm³/mol. The number of nitrogens with zero attached hydrogens (tertiary/aromatic N) is 2. The molecule has 2 heterocycles. The SMILES string of the molecule is CCC(N)CNC(=O)OC(C)(C)C.COc1cc2c(=O)[nH]c(Cc3ccc(-c4cc(F)cc(F)c4)nc3)nc2c(Br)c1OC. The lowest BCUT2D eigenvalue weighted by atomic mass is 10.1. The van der Waals surface area contributed by atoms with Crippen molar-refractivity contribution in [2.45, 2.75) is 52.2 Å². The summed E-state index contributed by atoms with van der Waals surface area (Å²) in [6.45, 7) is 7.91. The van der Waals surface area contributed by atoms with Crippen molar-refractivity contribution in [3.63, 3.8) is 0 Å². The van der Waals surface area contributed by atoms with Gasteiger partial charge in [0.15, 0.2) is 11.5 Å². The Kier molecular flexibility index (Phi) is 11.8. The molecule has 2 aromatic carbocycles. The Labute approximate surface area is 262 Å². The fraction of sp³-hybridized carbons (Fsp3) is 0.355. The highest BCUT2D eigenvalue weighted by Gasteiger charge is 2.18. The molecular weight excluding hydrogens is 640 g/mol. The van der Waals surface area contributed by atoms with Gasteiger partial charge in [-0.1, -0.05) is 13.0 Å². The van der Waals surface area contributed by atoms with Crippen molar-refractivity contribution in [2.75, 3.05) is 20.8 Å². The lowest BCUT2D eigenvalue weighted by Gasteiger charge is -2.20. The number of hydrogen-bond donors (Lipinski definition) is 3. The normalized spacial score (nSPS) is 11.8. The van der Waals surface area contributed by atoms with Gasteiger partial charge in [-0.15, -0.1) is 0 Å². The highest BCUT2D eigenvalue weighted by atomic mass is 79.9. The molecule has 1 amide bonds. The summed E-state index contributed by atoms with van der Waals surface area (Å²) in [7, 11) is 2.99.